The molecule has 0 amide bonds. The third-order valence-electron chi connectivity index (χ3n) is 2.27. The fraction of sp³-hybridized carbons (Fsp3) is 0. The Morgan fingerprint density at radius 1 is 0.667 bits per heavy atom. The molecule has 2 aromatic carbocycles. The van der Waals surface area contributed by atoms with Crippen LogP contribution in [0.4, 0.5) is 0 Å². The van der Waals surface area contributed by atoms with Crippen LogP contribution in [0.1, 0.15) is 20.7 Å². The van der Waals surface area contributed by atoms with Crippen molar-refractivity contribution in [3.8, 4) is 11.5 Å². The summed E-state index contributed by atoms with van der Waals surface area (Å²) in [4.78, 5) is 20.5. The summed E-state index contributed by atoms with van der Waals surface area (Å²) in [5, 5.41) is 34.6. The van der Waals surface area contributed by atoms with Gasteiger partial charge in [0.25, 0.3) is 0 Å². The van der Waals surface area contributed by atoms with Gasteiger partial charge in [-0.25, -0.2) is 9.59 Å². The summed E-state index contributed by atoms with van der Waals surface area (Å²) in [5.41, 5.74) is -0.134. The third kappa shape index (κ3) is 5.82. The van der Waals surface area contributed by atoms with E-state index in [1.54, 1.807) is 24.3 Å². The number of aromatic carboxylic acids is 2. The fourth-order valence-corrected chi connectivity index (χ4v) is 1.31. The Morgan fingerprint density at radius 2 is 0.952 bits per heavy atom. The summed E-state index contributed by atoms with van der Waals surface area (Å²) in [5.74, 6) is -2.62. The molecule has 0 aliphatic heterocycles. The van der Waals surface area contributed by atoms with E-state index >= 15 is 0 Å². The minimum atomic E-state index is -1.11. The maximum absolute atomic E-state index is 10.3. The minimum Gasteiger partial charge on any atom is -0.507 e. The largest absolute Gasteiger partial charge is 0.507 e. The van der Waals surface area contributed by atoms with Crippen molar-refractivity contribution in [1.29, 1.82) is 0 Å². The van der Waals surface area contributed by atoms with Gasteiger partial charge in [0.2, 0.25) is 0 Å². The standard InChI is InChI=1S/2C7H6O3.Hg/c2*8-6-4-2-1-3-5(6)7(9)10;/h2*1-4,8H,(H,9,10);. The Bertz CT molecular complexity index is 571. The van der Waals surface area contributed by atoms with Crippen molar-refractivity contribution in [3.05, 3.63) is 59.7 Å². The van der Waals surface area contributed by atoms with Crippen molar-refractivity contribution < 1.29 is 57.7 Å². The SMILES string of the molecule is O=C(O)c1ccccc1O.O=C(O)c1ccccc1O.[Hg]. The molecule has 4 N–H and O–H groups in total. The first kappa shape index (κ1) is 18.9. The van der Waals surface area contributed by atoms with Crippen LogP contribution in [0.25, 0.3) is 0 Å². The zero-order chi connectivity index (χ0) is 15.1. The van der Waals surface area contributed by atoms with E-state index in [1.165, 1.54) is 24.3 Å². The molecule has 0 aliphatic carbocycles. The van der Waals surface area contributed by atoms with Crippen LogP contribution in [0.5, 0.6) is 11.5 Å². The Hall–Kier alpha value is -2.08. The first-order valence-corrected chi connectivity index (χ1v) is 5.46. The molecular formula is C14H12HgO6. The summed E-state index contributed by atoms with van der Waals surface area (Å²) in [6, 6.07) is 11.6. The van der Waals surface area contributed by atoms with E-state index in [0.717, 1.165) is 0 Å². The molecule has 0 bridgehead atoms. The van der Waals surface area contributed by atoms with Crippen molar-refractivity contribution in [2.45, 2.75) is 0 Å². The van der Waals surface area contributed by atoms with E-state index in [1.807, 2.05) is 0 Å². The van der Waals surface area contributed by atoms with Crippen molar-refractivity contribution in [2.75, 3.05) is 0 Å². The van der Waals surface area contributed by atoms with Gasteiger partial charge in [-0.3, -0.25) is 0 Å². The molecule has 0 unspecified atom stereocenters. The maximum Gasteiger partial charge on any atom is 0.339 e. The number of aromatic hydroxyl groups is 2. The summed E-state index contributed by atoms with van der Waals surface area (Å²) in [6.45, 7) is 0. The molecule has 2 aromatic rings. The van der Waals surface area contributed by atoms with Crippen LogP contribution in [0, 0.1) is 0 Å². The fourth-order valence-electron chi connectivity index (χ4n) is 1.31. The smallest absolute Gasteiger partial charge is 0.339 e. The molecule has 0 aromatic heterocycles. The zero-order valence-corrected chi connectivity index (χ0v) is 16.4. The van der Waals surface area contributed by atoms with E-state index in [9.17, 15) is 9.59 Å². The molecule has 7 heteroatoms. The van der Waals surface area contributed by atoms with Crippen molar-refractivity contribution in [3.63, 3.8) is 0 Å². The van der Waals surface area contributed by atoms with Crippen LogP contribution in [0.2, 0.25) is 0 Å². The predicted molar refractivity (Wildman–Crippen MR) is 70.1 cm³/mol. The van der Waals surface area contributed by atoms with Crippen LogP contribution in [-0.2, 0) is 27.7 Å². The van der Waals surface area contributed by atoms with E-state index in [-0.39, 0.29) is 50.3 Å². The van der Waals surface area contributed by atoms with Crippen LogP contribution in [0.3, 0.4) is 0 Å². The molecule has 0 radical (unpaired) electrons. The molecule has 0 saturated carbocycles. The molecular weight excluding hydrogens is 465 g/mol. The number of para-hydroxylation sites is 2. The second-order valence-electron chi connectivity index (χ2n) is 3.64. The molecule has 0 spiro atoms. The third-order valence-corrected chi connectivity index (χ3v) is 2.27. The quantitative estimate of drug-likeness (QED) is 0.494. The van der Waals surface area contributed by atoms with Crippen LogP contribution >= 0.6 is 0 Å². The van der Waals surface area contributed by atoms with Crippen LogP contribution in [-0.4, -0.2) is 32.4 Å². The average molecular weight is 477 g/mol. The Morgan fingerprint density at radius 3 is 1.14 bits per heavy atom. The molecule has 6 nitrogen and oxygen atoms in total. The van der Waals surface area contributed by atoms with Crippen molar-refractivity contribution in [1.82, 2.24) is 0 Å². The van der Waals surface area contributed by atoms with Crippen molar-refractivity contribution >= 4 is 11.9 Å². The zero-order valence-electron chi connectivity index (χ0n) is 10.9. The first-order valence-electron chi connectivity index (χ1n) is 5.46. The van der Waals surface area contributed by atoms with Gasteiger partial charge in [0.1, 0.15) is 22.6 Å². The minimum absolute atomic E-state index is 0. The van der Waals surface area contributed by atoms with E-state index in [4.69, 9.17) is 20.4 Å². The van der Waals surface area contributed by atoms with E-state index < -0.39 is 11.9 Å². The normalized spacial score (nSPS) is 8.76. The summed E-state index contributed by atoms with van der Waals surface area (Å²) in [7, 11) is 0. The summed E-state index contributed by atoms with van der Waals surface area (Å²) < 4.78 is 0. The number of carbonyl (C=O) groups is 2. The van der Waals surface area contributed by atoms with Gasteiger partial charge in [-0.1, -0.05) is 24.3 Å². The van der Waals surface area contributed by atoms with Crippen LogP contribution < -0.4 is 0 Å². The summed E-state index contributed by atoms with van der Waals surface area (Å²) >= 11 is 0. The predicted octanol–water partition coefficient (Wildman–Crippen LogP) is 2.18. The first-order chi connectivity index (χ1) is 9.43. The number of hydrogen-bond donors (Lipinski definition) is 4. The maximum atomic E-state index is 10.3. The monoisotopic (exact) mass is 478 g/mol. The van der Waals surface area contributed by atoms with Crippen molar-refractivity contribution in [2.24, 2.45) is 0 Å². The molecule has 0 saturated heterocycles. The van der Waals surface area contributed by atoms with Gasteiger partial charge in [-0.05, 0) is 24.3 Å². The van der Waals surface area contributed by atoms with Crippen LogP contribution in [0.15, 0.2) is 48.5 Å². The number of benzene rings is 2. The Labute approximate surface area is 140 Å². The number of hydrogen-bond acceptors (Lipinski definition) is 4. The molecule has 0 atom stereocenters. The average Bonchev–Trinajstić information content (AvgIpc) is 2.40. The Balaban J connectivity index is 0.000000364. The molecule has 0 heterocycles. The Kier molecular flexibility index (Phi) is 8.07. The van der Waals surface area contributed by atoms with Gasteiger partial charge in [-0.15, -0.1) is 0 Å². The number of carboxylic acids is 2. The number of rotatable bonds is 2. The van der Waals surface area contributed by atoms with Gasteiger partial charge in [0, 0.05) is 27.7 Å². The molecule has 0 aliphatic rings. The van der Waals surface area contributed by atoms with E-state index in [2.05, 4.69) is 0 Å². The topological polar surface area (TPSA) is 115 Å². The van der Waals surface area contributed by atoms with Gasteiger partial charge >= 0.3 is 11.9 Å². The molecule has 0 fully saturated rings. The molecule has 106 valence electrons. The van der Waals surface area contributed by atoms with Gasteiger partial charge in [0.15, 0.2) is 0 Å². The van der Waals surface area contributed by atoms with Gasteiger partial charge < -0.3 is 20.4 Å². The number of carboxylic acid groups (broad SMARTS) is 2. The van der Waals surface area contributed by atoms with Gasteiger partial charge in [-0.2, -0.15) is 0 Å². The van der Waals surface area contributed by atoms with E-state index in [0.29, 0.717) is 0 Å². The summed E-state index contributed by atoms with van der Waals surface area (Å²) in [6.07, 6.45) is 0. The second kappa shape index (κ2) is 8.96. The molecule has 21 heavy (non-hydrogen) atoms. The second-order valence-corrected chi connectivity index (χ2v) is 3.64. The molecule has 2 rings (SSSR count). The number of phenols is 2. The van der Waals surface area contributed by atoms with Gasteiger partial charge in [0.05, 0.1) is 0 Å².